The van der Waals surface area contributed by atoms with Crippen LogP contribution in [0.15, 0.2) is 12.3 Å². The van der Waals surface area contributed by atoms with Gasteiger partial charge in [0.2, 0.25) is 5.95 Å². The van der Waals surface area contributed by atoms with Crippen LogP contribution in [0.5, 0.6) is 0 Å². The molecule has 2 rings (SSSR count). The van der Waals surface area contributed by atoms with E-state index in [-0.39, 0.29) is 0 Å². The van der Waals surface area contributed by atoms with Crippen LogP contribution in [0.25, 0.3) is 0 Å². The zero-order chi connectivity index (χ0) is 10.7. The Morgan fingerprint density at radius 2 is 2.07 bits per heavy atom. The van der Waals surface area contributed by atoms with E-state index in [0.717, 1.165) is 11.7 Å². The summed E-state index contributed by atoms with van der Waals surface area (Å²) in [4.78, 5) is 8.01. The third-order valence-electron chi connectivity index (χ3n) is 3.04. The summed E-state index contributed by atoms with van der Waals surface area (Å²) >= 11 is 0. The highest BCUT2D eigenvalue weighted by Gasteiger charge is 2.18. The summed E-state index contributed by atoms with van der Waals surface area (Å²) in [5.41, 5.74) is 5.52. The lowest BCUT2D eigenvalue weighted by Crippen LogP contribution is -2.25. The molecule has 0 amide bonds. The molecule has 0 atom stereocenters. The Morgan fingerprint density at radius 1 is 1.33 bits per heavy atom. The van der Waals surface area contributed by atoms with Crippen LogP contribution in [-0.4, -0.2) is 16.0 Å². The maximum Gasteiger partial charge on any atom is 0.221 e. The Morgan fingerprint density at radius 3 is 2.73 bits per heavy atom. The fraction of sp³-hybridized carbons (Fsp3) is 0.636. The van der Waals surface area contributed by atoms with Crippen LogP contribution in [0.3, 0.4) is 0 Å². The van der Waals surface area contributed by atoms with Gasteiger partial charge in [0.05, 0.1) is 0 Å². The standard InChI is InChI=1S/C11H18N4/c1-8-2-4-9(5-3-8)14-10-6-7-13-11(12)15-10/h6-9H,2-5H2,1H3,(H3,12,13,14,15). The molecule has 4 nitrogen and oxygen atoms in total. The van der Waals surface area contributed by atoms with Crippen LogP contribution in [0, 0.1) is 5.92 Å². The van der Waals surface area contributed by atoms with Gasteiger partial charge in [-0.15, -0.1) is 0 Å². The Kier molecular flexibility index (Phi) is 3.04. The highest BCUT2D eigenvalue weighted by atomic mass is 15.1. The smallest absolute Gasteiger partial charge is 0.221 e. The molecule has 4 heteroatoms. The number of nitrogens with zero attached hydrogens (tertiary/aromatic N) is 2. The van der Waals surface area contributed by atoms with Crippen molar-refractivity contribution in [2.45, 2.75) is 38.6 Å². The second kappa shape index (κ2) is 4.47. The van der Waals surface area contributed by atoms with Crippen molar-refractivity contribution in [1.29, 1.82) is 0 Å². The number of hydrogen-bond donors (Lipinski definition) is 2. The van der Waals surface area contributed by atoms with Crippen molar-refractivity contribution >= 4 is 11.8 Å². The summed E-state index contributed by atoms with van der Waals surface area (Å²) < 4.78 is 0. The minimum atomic E-state index is 0.337. The molecule has 0 radical (unpaired) electrons. The molecule has 15 heavy (non-hydrogen) atoms. The molecule has 0 bridgehead atoms. The fourth-order valence-corrected chi connectivity index (χ4v) is 2.07. The lowest BCUT2D eigenvalue weighted by molar-refractivity contribution is 0.361. The van der Waals surface area contributed by atoms with Crippen molar-refractivity contribution in [3.05, 3.63) is 12.3 Å². The number of anilines is 2. The van der Waals surface area contributed by atoms with Crippen molar-refractivity contribution in [1.82, 2.24) is 9.97 Å². The summed E-state index contributed by atoms with van der Waals surface area (Å²) in [5.74, 6) is 2.06. The molecule has 3 N–H and O–H groups in total. The quantitative estimate of drug-likeness (QED) is 0.777. The summed E-state index contributed by atoms with van der Waals surface area (Å²) in [6.45, 7) is 2.32. The highest BCUT2D eigenvalue weighted by molar-refractivity contribution is 5.38. The van der Waals surface area contributed by atoms with Gasteiger partial charge in [0.1, 0.15) is 5.82 Å². The van der Waals surface area contributed by atoms with Crippen LogP contribution in [0.4, 0.5) is 11.8 Å². The van der Waals surface area contributed by atoms with Crippen LogP contribution >= 0.6 is 0 Å². The van der Waals surface area contributed by atoms with Gasteiger partial charge in [-0.25, -0.2) is 4.98 Å². The summed E-state index contributed by atoms with van der Waals surface area (Å²) in [6, 6.07) is 2.42. The molecular weight excluding hydrogens is 188 g/mol. The second-order valence-corrected chi connectivity index (χ2v) is 4.40. The first-order valence-corrected chi connectivity index (χ1v) is 5.59. The first-order chi connectivity index (χ1) is 7.24. The number of nitrogen functional groups attached to an aromatic ring is 1. The normalized spacial score (nSPS) is 26.2. The number of nitrogens with two attached hydrogens (primary N) is 1. The summed E-state index contributed by atoms with van der Waals surface area (Å²) in [5, 5.41) is 3.41. The number of aromatic nitrogens is 2. The van der Waals surface area contributed by atoms with Gasteiger partial charge in [-0.05, 0) is 37.7 Å². The SMILES string of the molecule is CC1CCC(Nc2ccnc(N)n2)CC1. The van der Waals surface area contributed by atoms with E-state index in [0.29, 0.717) is 12.0 Å². The van der Waals surface area contributed by atoms with E-state index in [9.17, 15) is 0 Å². The molecule has 82 valence electrons. The lowest BCUT2D eigenvalue weighted by Gasteiger charge is -2.27. The van der Waals surface area contributed by atoms with E-state index in [1.54, 1.807) is 6.20 Å². The van der Waals surface area contributed by atoms with Crippen molar-refractivity contribution < 1.29 is 0 Å². The largest absolute Gasteiger partial charge is 0.368 e. The predicted molar refractivity (Wildman–Crippen MR) is 61.5 cm³/mol. The average Bonchev–Trinajstić information content (AvgIpc) is 2.22. The van der Waals surface area contributed by atoms with E-state index in [1.165, 1.54) is 25.7 Å². The van der Waals surface area contributed by atoms with Crippen molar-refractivity contribution in [2.24, 2.45) is 5.92 Å². The van der Waals surface area contributed by atoms with E-state index < -0.39 is 0 Å². The first kappa shape index (κ1) is 10.2. The van der Waals surface area contributed by atoms with E-state index in [4.69, 9.17) is 5.73 Å². The molecule has 1 fully saturated rings. The molecule has 0 aromatic carbocycles. The second-order valence-electron chi connectivity index (χ2n) is 4.40. The molecule has 0 spiro atoms. The van der Waals surface area contributed by atoms with Gasteiger partial charge in [-0.3, -0.25) is 0 Å². The van der Waals surface area contributed by atoms with Crippen LogP contribution in [0.1, 0.15) is 32.6 Å². The van der Waals surface area contributed by atoms with Crippen molar-refractivity contribution in [3.8, 4) is 0 Å². The van der Waals surface area contributed by atoms with Gasteiger partial charge in [-0.1, -0.05) is 6.92 Å². The lowest BCUT2D eigenvalue weighted by atomic mass is 9.87. The fourth-order valence-electron chi connectivity index (χ4n) is 2.07. The molecule has 0 unspecified atom stereocenters. The molecule has 1 aliphatic carbocycles. The first-order valence-electron chi connectivity index (χ1n) is 5.59. The third-order valence-corrected chi connectivity index (χ3v) is 3.04. The van der Waals surface area contributed by atoms with Gasteiger partial charge < -0.3 is 11.1 Å². The number of hydrogen-bond acceptors (Lipinski definition) is 4. The summed E-state index contributed by atoms with van der Waals surface area (Å²) in [7, 11) is 0. The van der Waals surface area contributed by atoms with Crippen molar-refractivity contribution in [2.75, 3.05) is 11.1 Å². The Labute approximate surface area is 90.3 Å². The van der Waals surface area contributed by atoms with Gasteiger partial charge in [-0.2, -0.15) is 4.98 Å². The highest BCUT2D eigenvalue weighted by Crippen LogP contribution is 2.25. The Balaban J connectivity index is 1.92. The molecule has 1 aromatic heterocycles. The average molecular weight is 206 g/mol. The maximum atomic E-state index is 5.52. The molecule has 1 aliphatic rings. The topological polar surface area (TPSA) is 63.8 Å². The van der Waals surface area contributed by atoms with E-state index in [1.807, 2.05) is 6.07 Å². The molecule has 1 saturated carbocycles. The molecule has 0 saturated heterocycles. The molecule has 1 heterocycles. The van der Waals surface area contributed by atoms with Gasteiger partial charge in [0, 0.05) is 12.2 Å². The predicted octanol–water partition coefficient (Wildman–Crippen LogP) is 2.05. The molecule has 0 aliphatic heterocycles. The monoisotopic (exact) mass is 206 g/mol. The van der Waals surface area contributed by atoms with Gasteiger partial charge in [0.25, 0.3) is 0 Å². The number of nitrogens with one attached hydrogen (secondary N) is 1. The van der Waals surface area contributed by atoms with Crippen LogP contribution in [-0.2, 0) is 0 Å². The Bertz CT molecular complexity index is 318. The molecular formula is C11H18N4. The number of rotatable bonds is 2. The van der Waals surface area contributed by atoms with Gasteiger partial charge in [0.15, 0.2) is 0 Å². The van der Waals surface area contributed by atoms with E-state index in [2.05, 4.69) is 22.2 Å². The van der Waals surface area contributed by atoms with E-state index >= 15 is 0 Å². The van der Waals surface area contributed by atoms with Crippen molar-refractivity contribution in [3.63, 3.8) is 0 Å². The minimum absolute atomic E-state index is 0.337. The van der Waals surface area contributed by atoms with Crippen LogP contribution < -0.4 is 11.1 Å². The Hall–Kier alpha value is -1.32. The molecule has 1 aromatic rings. The zero-order valence-electron chi connectivity index (χ0n) is 9.11. The van der Waals surface area contributed by atoms with Gasteiger partial charge >= 0.3 is 0 Å². The summed E-state index contributed by atoms with van der Waals surface area (Å²) in [6.07, 6.45) is 6.75. The zero-order valence-corrected chi connectivity index (χ0v) is 9.11. The van der Waals surface area contributed by atoms with Crippen LogP contribution in [0.2, 0.25) is 0 Å². The minimum Gasteiger partial charge on any atom is -0.368 e. The third kappa shape index (κ3) is 2.81. The maximum absolute atomic E-state index is 5.52.